The molecule has 1 amide bonds. The summed E-state index contributed by atoms with van der Waals surface area (Å²) in [7, 11) is 4.10. The van der Waals surface area contributed by atoms with Crippen LogP contribution in [0.25, 0.3) is 0 Å². The zero-order chi connectivity index (χ0) is 22.7. The zero-order valence-electron chi connectivity index (χ0n) is 18.8. The van der Waals surface area contributed by atoms with Crippen molar-refractivity contribution in [2.45, 2.75) is 69.9 Å². The van der Waals surface area contributed by atoms with Crippen LogP contribution in [0.3, 0.4) is 0 Å². The molecular formula is C24H31Cl2N5O. The van der Waals surface area contributed by atoms with E-state index in [4.69, 9.17) is 33.2 Å². The molecule has 2 aliphatic carbocycles. The van der Waals surface area contributed by atoms with Gasteiger partial charge in [0.2, 0.25) is 11.9 Å². The van der Waals surface area contributed by atoms with Crippen molar-refractivity contribution in [3.05, 3.63) is 45.1 Å². The number of benzene rings is 1. The van der Waals surface area contributed by atoms with E-state index in [1.54, 1.807) is 12.1 Å². The van der Waals surface area contributed by atoms with Gasteiger partial charge in [-0.1, -0.05) is 29.3 Å². The topological polar surface area (TPSA) is 70.2 Å². The number of carbonyl (C=O) groups excluding carboxylic acids is 1. The molecule has 0 unspecified atom stereocenters. The van der Waals surface area contributed by atoms with E-state index in [0.717, 1.165) is 55.9 Å². The van der Waals surface area contributed by atoms with Gasteiger partial charge >= 0.3 is 0 Å². The first-order valence-corrected chi connectivity index (χ1v) is 12.2. The minimum atomic E-state index is 0.0217. The Morgan fingerprint density at radius 1 is 1.03 bits per heavy atom. The number of carbonyl (C=O) groups is 1. The lowest BCUT2D eigenvalue weighted by Gasteiger charge is -2.30. The van der Waals surface area contributed by atoms with Crippen molar-refractivity contribution in [3.63, 3.8) is 0 Å². The maximum Gasteiger partial charge on any atom is 0.225 e. The van der Waals surface area contributed by atoms with Crippen LogP contribution in [0.15, 0.2) is 18.2 Å². The van der Waals surface area contributed by atoms with E-state index in [-0.39, 0.29) is 11.9 Å². The molecule has 1 aromatic carbocycles. The Morgan fingerprint density at radius 3 is 2.47 bits per heavy atom. The minimum absolute atomic E-state index is 0.0217. The largest absolute Gasteiger partial charge is 0.362 e. The number of hydrogen-bond donors (Lipinski definition) is 2. The van der Waals surface area contributed by atoms with Gasteiger partial charge in [-0.25, -0.2) is 4.98 Å². The number of aryl methyl sites for hydroxylation is 1. The standard InChI is InChI=1S/C24H31Cl2N5O/c1-31(2)23-18-5-3-4-6-21(18)29-24(30-23)28-17-10-8-16(9-11-17)27-22(32)14-15-7-12-19(25)20(26)13-15/h7,12-13,16-17H,3-6,8-11,14H2,1-2H3,(H,27,32)(H,28,29,30). The van der Waals surface area contributed by atoms with Gasteiger partial charge in [-0.3, -0.25) is 4.79 Å². The first-order valence-electron chi connectivity index (χ1n) is 11.5. The third-order valence-electron chi connectivity index (χ3n) is 6.36. The molecule has 8 heteroatoms. The predicted octanol–water partition coefficient (Wildman–Crippen LogP) is 4.81. The molecule has 1 saturated carbocycles. The van der Waals surface area contributed by atoms with E-state index < -0.39 is 0 Å². The summed E-state index contributed by atoms with van der Waals surface area (Å²) in [6.07, 6.45) is 8.66. The van der Waals surface area contributed by atoms with Crippen LogP contribution in [-0.4, -0.2) is 42.1 Å². The molecule has 1 fully saturated rings. The summed E-state index contributed by atoms with van der Waals surface area (Å²) in [5.41, 5.74) is 3.37. The maximum absolute atomic E-state index is 12.5. The van der Waals surface area contributed by atoms with Gasteiger partial charge in [-0.05, 0) is 69.1 Å². The number of rotatable bonds is 6. The second kappa shape index (κ2) is 10.3. The fourth-order valence-corrected chi connectivity index (χ4v) is 5.01. The van der Waals surface area contributed by atoms with Crippen LogP contribution in [0.4, 0.5) is 11.8 Å². The van der Waals surface area contributed by atoms with E-state index in [9.17, 15) is 4.79 Å². The number of amides is 1. The van der Waals surface area contributed by atoms with Crippen molar-refractivity contribution in [1.82, 2.24) is 15.3 Å². The Hall–Kier alpha value is -2.05. The van der Waals surface area contributed by atoms with Crippen LogP contribution in [0.5, 0.6) is 0 Å². The lowest BCUT2D eigenvalue weighted by molar-refractivity contribution is -0.121. The highest BCUT2D eigenvalue weighted by Gasteiger charge is 2.25. The monoisotopic (exact) mass is 475 g/mol. The fourth-order valence-electron chi connectivity index (χ4n) is 4.69. The minimum Gasteiger partial charge on any atom is -0.362 e. The molecule has 2 N–H and O–H groups in total. The maximum atomic E-state index is 12.5. The average molecular weight is 476 g/mol. The Bertz CT molecular complexity index is 973. The molecule has 6 nitrogen and oxygen atoms in total. The smallest absolute Gasteiger partial charge is 0.225 e. The molecule has 0 aliphatic heterocycles. The molecule has 32 heavy (non-hydrogen) atoms. The van der Waals surface area contributed by atoms with Crippen molar-refractivity contribution < 1.29 is 4.79 Å². The lowest BCUT2D eigenvalue weighted by atomic mass is 9.91. The molecule has 4 rings (SSSR count). The van der Waals surface area contributed by atoms with Crippen LogP contribution < -0.4 is 15.5 Å². The number of halogens is 2. The van der Waals surface area contributed by atoms with E-state index in [0.29, 0.717) is 22.5 Å². The Morgan fingerprint density at radius 2 is 1.75 bits per heavy atom. The van der Waals surface area contributed by atoms with Gasteiger partial charge in [-0.15, -0.1) is 0 Å². The lowest BCUT2D eigenvalue weighted by Crippen LogP contribution is -2.41. The Balaban J connectivity index is 1.30. The highest BCUT2D eigenvalue weighted by Crippen LogP contribution is 2.29. The van der Waals surface area contributed by atoms with Crippen LogP contribution in [0.1, 0.15) is 55.3 Å². The van der Waals surface area contributed by atoms with Gasteiger partial charge in [0.1, 0.15) is 5.82 Å². The molecular weight excluding hydrogens is 445 g/mol. The summed E-state index contributed by atoms with van der Waals surface area (Å²) < 4.78 is 0. The van der Waals surface area contributed by atoms with Crippen LogP contribution >= 0.6 is 23.2 Å². The van der Waals surface area contributed by atoms with E-state index in [2.05, 4.69) is 15.5 Å². The van der Waals surface area contributed by atoms with Gasteiger partial charge < -0.3 is 15.5 Å². The predicted molar refractivity (Wildman–Crippen MR) is 131 cm³/mol. The summed E-state index contributed by atoms with van der Waals surface area (Å²) in [4.78, 5) is 24.2. The number of nitrogens with one attached hydrogen (secondary N) is 2. The number of fused-ring (bicyclic) bond motifs is 1. The first kappa shape index (κ1) is 23.1. The number of anilines is 2. The normalized spacial score (nSPS) is 20.4. The summed E-state index contributed by atoms with van der Waals surface area (Å²) in [6.45, 7) is 0. The molecule has 1 heterocycles. The van der Waals surface area contributed by atoms with Crippen LogP contribution in [-0.2, 0) is 24.1 Å². The van der Waals surface area contributed by atoms with E-state index in [1.807, 2.05) is 20.2 Å². The third kappa shape index (κ3) is 5.65. The molecule has 0 atom stereocenters. The number of aromatic nitrogens is 2. The summed E-state index contributed by atoms with van der Waals surface area (Å²) in [5.74, 6) is 1.80. The second-order valence-corrected chi connectivity index (χ2v) is 9.90. The highest BCUT2D eigenvalue weighted by atomic mass is 35.5. The molecule has 0 radical (unpaired) electrons. The van der Waals surface area contributed by atoms with Crippen molar-refractivity contribution >= 4 is 40.9 Å². The molecule has 2 aliphatic rings. The quantitative estimate of drug-likeness (QED) is 0.626. The first-order chi connectivity index (χ1) is 15.4. The van der Waals surface area contributed by atoms with Crippen LogP contribution in [0.2, 0.25) is 10.0 Å². The SMILES string of the molecule is CN(C)c1nc(NC2CCC(NC(=O)Cc3ccc(Cl)c(Cl)c3)CC2)nc2c1CCCC2. The average Bonchev–Trinajstić information content (AvgIpc) is 2.77. The second-order valence-electron chi connectivity index (χ2n) is 9.08. The van der Waals surface area contributed by atoms with Crippen molar-refractivity contribution in [3.8, 4) is 0 Å². The molecule has 0 saturated heterocycles. The van der Waals surface area contributed by atoms with Crippen molar-refractivity contribution in [2.24, 2.45) is 0 Å². The van der Waals surface area contributed by atoms with Gasteiger partial charge in [0.05, 0.1) is 22.2 Å². The van der Waals surface area contributed by atoms with Crippen molar-refractivity contribution in [2.75, 3.05) is 24.3 Å². The van der Waals surface area contributed by atoms with E-state index in [1.165, 1.54) is 24.1 Å². The van der Waals surface area contributed by atoms with Crippen LogP contribution in [0, 0.1) is 0 Å². The summed E-state index contributed by atoms with van der Waals surface area (Å²) in [5, 5.41) is 7.71. The third-order valence-corrected chi connectivity index (χ3v) is 7.10. The van der Waals surface area contributed by atoms with Crippen molar-refractivity contribution in [1.29, 1.82) is 0 Å². The molecule has 0 spiro atoms. The molecule has 1 aromatic heterocycles. The Kier molecular flexibility index (Phi) is 7.41. The zero-order valence-corrected chi connectivity index (χ0v) is 20.3. The number of nitrogens with zero attached hydrogens (tertiary/aromatic N) is 3. The summed E-state index contributed by atoms with van der Waals surface area (Å²) >= 11 is 12.0. The molecule has 0 bridgehead atoms. The fraction of sp³-hybridized carbons (Fsp3) is 0.542. The van der Waals surface area contributed by atoms with E-state index >= 15 is 0 Å². The van der Waals surface area contributed by atoms with Gasteiger partial charge in [-0.2, -0.15) is 4.98 Å². The highest BCUT2D eigenvalue weighted by molar-refractivity contribution is 6.42. The van der Waals surface area contributed by atoms with Gasteiger partial charge in [0.25, 0.3) is 0 Å². The van der Waals surface area contributed by atoms with Gasteiger partial charge in [0, 0.05) is 31.7 Å². The summed E-state index contributed by atoms with van der Waals surface area (Å²) in [6, 6.07) is 5.86. The van der Waals surface area contributed by atoms with Gasteiger partial charge in [0.15, 0.2) is 0 Å². The molecule has 2 aromatic rings. The Labute approximate surface area is 200 Å². The molecule has 172 valence electrons. The number of hydrogen-bond acceptors (Lipinski definition) is 5.